The van der Waals surface area contributed by atoms with Gasteiger partial charge in [0.25, 0.3) is 0 Å². The lowest BCUT2D eigenvalue weighted by molar-refractivity contribution is 0.404. The minimum atomic E-state index is 0.290. The zero-order chi connectivity index (χ0) is 13.1. The average Bonchev–Trinajstić information content (AvgIpc) is 3.20. The Morgan fingerprint density at radius 3 is 2.72 bits per heavy atom. The number of methoxy groups -OCH3 is 1. The van der Waals surface area contributed by atoms with Gasteiger partial charge in [-0.05, 0) is 44.9 Å². The van der Waals surface area contributed by atoms with Crippen LogP contribution < -0.4 is 15.0 Å². The van der Waals surface area contributed by atoms with Crippen LogP contribution in [0.4, 0.5) is 5.69 Å². The molecule has 1 aromatic rings. The lowest BCUT2D eigenvalue weighted by Gasteiger charge is -2.26. The highest BCUT2D eigenvalue weighted by Gasteiger charge is 2.25. The van der Waals surface area contributed by atoms with Gasteiger partial charge in [0, 0.05) is 30.9 Å². The van der Waals surface area contributed by atoms with Crippen LogP contribution in [0.1, 0.15) is 31.4 Å². The molecular weight excluding hydrogens is 224 g/mol. The second kappa shape index (κ2) is 5.61. The third-order valence-electron chi connectivity index (χ3n) is 3.77. The number of nitrogens with zero attached hydrogens (tertiary/aromatic N) is 1. The van der Waals surface area contributed by atoms with Crippen LogP contribution in [0.5, 0.6) is 5.75 Å². The second-order valence-corrected chi connectivity index (χ2v) is 5.23. The van der Waals surface area contributed by atoms with Gasteiger partial charge in [0.15, 0.2) is 0 Å². The highest BCUT2D eigenvalue weighted by Crippen LogP contribution is 2.36. The summed E-state index contributed by atoms with van der Waals surface area (Å²) < 4.78 is 5.51. The molecule has 18 heavy (non-hydrogen) atoms. The van der Waals surface area contributed by atoms with Gasteiger partial charge in [-0.3, -0.25) is 0 Å². The predicted octanol–water partition coefficient (Wildman–Crippen LogP) is 2.82. The number of hydrogen-bond donors (Lipinski definition) is 1. The van der Waals surface area contributed by atoms with Crippen LogP contribution in [0.25, 0.3) is 0 Å². The summed E-state index contributed by atoms with van der Waals surface area (Å²) in [4.78, 5) is 2.36. The first kappa shape index (κ1) is 13.2. The van der Waals surface area contributed by atoms with E-state index in [1.54, 1.807) is 7.11 Å². The highest BCUT2D eigenvalue weighted by molar-refractivity contribution is 5.60. The molecule has 0 bridgehead atoms. The Hall–Kier alpha value is -1.22. The summed E-state index contributed by atoms with van der Waals surface area (Å²) in [6.07, 6.45) is 2.76. The number of benzene rings is 1. The van der Waals surface area contributed by atoms with Crippen molar-refractivity contribution in [1.29, 1.82) is 0 Å². The van der Waals surface area contributed by atoms with Crippen molar-refractivity contribution in [1.82, 2.24) is 5.32 Å². The highest BCUT2D eigenvalue weighted by atomic mass is 16.5. The SMILES string of the molecule is CNC(C)c1c(OC)cccc1N(C)CC1CC1. The Morgan fingerprint density at radius 2 is 2.17 bits per heavy atom. The van der Waals surface area contributed by atoms with Crippen LogP contribution in [-0.4, -0.2) is 27.7 Å². The summed E-state index contributed by atoms with van der Waals surface area (Å²) in [6, 6.07) is 6.59. The first-order valence-corrected chi connectivity index (χ1v) is 6.72. The second-order valence-electron chi connectivity index (χ2n) is 5.23. The maximum atomic E-state index is 5.51. The van der Waals surface area contributed by atoms with Crippen molar-refractivity contribution in [3.8, 4) is 5.75 Å². The molecule has 1 N–H and O–H groups in total. The summed E-state index contributed by atoms with van der Waals surface area (Å²) in [5.74, 6) is 1.86. The van der Waals surface area contributed by atoms with Gasteiger partial charge in [0.05, 0.1) is 7.11 Å². The lowest BCUT2D eigenvalue weighted by Crippen LogP contribution is -2.24. The van der Waals surface area contributed by atoms with E-state index >= 15 is 0 Å². The van der Waals surface area contributed by atoms with Gasteiger partial charge in [0.2, 0.25) is 0 Å². The fourth-order valence-electron chi connectivity index (χ4n) is 2.41. The fourth-order valence-corrected chi connectivity index (χ4v) is 2.41. The van der Waals surface area contributed by atoms with Gasteiger partial charge < -0.3 is 15.0 Å². The zero-order valence-electron chi connectivity index (χ0n) is 11.9. The molecule has 0 heterocycles. The molecule has 1 aliphatic carbocycles. The van der Waals surface area contributed by atoms with Crippen molar-refractivity contribution in [2.45, 2.75) is 25.8 Å². The number of hydrogen-bond acceptors (Lipinski definition) is 3. The van der Waals surface area contributed by atoms with Crippen LogP contribution in [0.3, 0.4) is 0 Å². The van der Waals surface area contributed by atoms with E-state index < -0.39 is 0 Å². The maximum Gasteiger partial charge on any atom is 0.125 e. The molecule has 1 saturated carbocycles. The van der Waals surface area contributed by atoms with E-state index in [9.17, 15) is 0 Å². The monoisotopic (exact) mass is 248 g/mol. The summed E-state index contributed by atoms with van der Waals surface area (Å²) in [5, 5.41) is 3.31. The minimum absolute atomic E-state index is 0.290. The topological polar surface area (TPSA) is 24.5 Å². The Morgan fingerprint density at radius 1 is 1.44 bits per heavy atom. The Labute approximate surface area is 110 Å². The largest absolute Gasteiger partial charge is 0.496 e. The van der Waals surface area contributed by atoms with Crippen molar-refractivity contribution in [3.05, 3.63) is 23.8 Å². The number of anilines is 1. The van der Waals surface area contributed by atoms with E-state index in [1.807, 2.05) is 13.1 Å². The molecule has 1 atom stereocenters. The van der Waals surface area contributed by atoms with Crippen molar-refractivity contribution < 1.29 is 4.74 Å². The van der Waals surface area contributed by atoms with Crippen LogP contribution in [0.15, 0.2) is 18.2 Å². The Kier molecular flexibility index (Phi) is 4.12. The molecule has 3 heteroatoms. The molecule has 0 spiro atoms. The fraction of sp³-hybridized carbons (Fsp3) is 0.600. The third-order valence-corrected chi connectivity index (χ3v) is 3.77. The average molecular weight is 248 g/mol. The van der Waals surface area contributed by atoms with E-state index in [-0.39, 0.29) is 6.04 Å². The smallest absolute Gasteiger partial charge is 0.125 e. The van der Waals surface area contributed by atoms with Crippen LogP contribution in [-0.2, 0) is 0 Å². The molecule has 0 saturated heterocycles. The van der Waals surface area contributed by atoms with E-state index in [0.717, 1.165) is 18.2 Å². The molecule has 0 radical (unpaired) electrons. The molecule has 1 aliphatic rings. The molecule has 0 amide bonds. The van der Waals surface area contributed by atoms with Crippen molar-refractivity contribution in [2.24, 2.45) is 5.92 Å². The summed E-state index contributed by atoms with van der Waals surface area (Å²) in [6.45, 7) is 3.32. The first-order valence-electron chi connectivity index (χ1n) is 6.72. The van der Waals surface area contributed by atoms with Gasteiger partial charge in [0.1, 0.15) is 5.75 Å². The van der Waals surface area contributed by atoms with Gasteiger partial charge in [-0.1, -0.05) is 6.07 Å². The van der Waals surface area contributed by atoms with Crippen LogP contribution >= 0.6 is 0 Å². The number of nitrogens with one attached hydrogen (secondary N) is 1. The lowest BCUT2D eigenvalue weighted by atomic mass is 10.0. The molecule has 0 aromatic heterocycles. The quantitative estimate of drug-likeness (QED) is 0.838. The molecule has 3 nitrogen and oxygen atoms in total. The van der Waals surface area contributed by atoms with E-state index in [0.29, 0.717) is 0 Å². The van der Waals surface area contributed by atoms with E-state index in [4.69, 9.17) is 4.74 Å². The van der Waals surface area contributed by atoms with Crippen LogP contribution in [0.2, 0.25) is 0 Å². The van der Waals surface area contributed by atoms with Crippen molar-refractivity contribution >= 4 is 5.69 Å². The van der Waals surface area contributed by atoms with Crippen molar-refractivity contribution in [2.75, 3.05) is 32.6 Å². The van der Waals surface area contributed by atoms with Gasteiger partial charge in [-0.2, -0.15) is 0 Å². The number of ether oxygens (including phenoxy) is 1. The molecule has 1 fully saturated rings. The first-order chi connectivity index (χ1) is 8.67. The molecule has 100 valence electrons. The molecule has 1 aromatic carbocycles. The third kappa shape index (κ3) is 2.78. The molecular formula is C15H24N2O. The van der Waals surface area contributed by atoms with Gasteiger partial charge in [-0.15, -0.1) is 0 Å². The standard InChI is InChI=1S/C15H24N2O/c1-11(16-2)15-13(6-5-7-14(15)18-4)17(3)10-12-8-9-12/h5-7,11-12,16H,8-10H2,1-4H3. The minimum Gasteiger partial charge on any atom is -0.496 e. The van der Waals surface area contributed by atoms with E-state index in [1.165, 1.54) is 24.1 Å². The normalized spacial score (nSPS) is 16.4. The summed E-state index contributed by atoms with van der Waals surface area (Å²) in [5.41, 5.74) is 2.54. The maximum absolute atomic E-state index is 5.51. The van der Waals surface area contributed by atoms with Gasteiger partial charge >= 0.3 is 0 Å². The number of rotatable bonds is 6. The Balaban J connectivity index is 2.31. The molecule has 1 unspecified atom stereocenters. The zero-order valence-corrected chi connectivity index (χ0v) is 11.9. The molecule has 2 rings (SSSR count). The summed E-state index contributed by atoms with van der Waals surface area (Å²) >= 11 is 0. The van der Waals surface area contributed by atoms with Crippen molar-refractivity contribution in [3.63, 3.8) is 0 Å². The van der Waals surface area contributed by atoms with Gasteiger partial charge in [-0.25, -0.2) is 0 Å². The van der Waals surface area contributed by atoms with Crippen LogP contribution in [0, 0.1) is 5.92 Å². The summed E-state index contributed by atoms with van der Waals surface area (Å²) in [7, 11) is 5.91. The Bertz CT molecular complexity index is 401. The molecule has 0 aliphatic heterocycles. The van der Waals surface area contributed by atoms with E-state index in [2.05, 4.69) is 36.3 Å². The predicted molar refractivity (Wildman–Crippen MR) is 76.5 cm³/mol.